The average Bonchev–Trinajstić information content (AvgIpc) is 1.96. The van der Waals surface area contributed by atoms with Crippen LogP contribution in [0, 0.1) is 18.7 Å². The van der Waals surface area contributed by atoms with Crippen LogP contribution in [0.2, 0.25) is 5.02 Å². The summed E-state index contributed by atoms with van der Waals surface area (Å²) in [6.45, 7) is 6.14. The number of hydrogen-bond acceptors (Lipinski definition) is 0. The second-order valence-electron chi connectivity index (χ2n) is 3.78. The Hall–Kier alpha value is -0.560. The first-order valence-corrected chi connectivity index (χ1v) is 4.83. The molecule has 0 amide bonds. The van der Waals surface area contributed by atoms with E-state index in [9.17, 15) is 4.39 Å². The Morgan fingerprint density at radius 3 is 2.46 bits per heavy atom. The molecule has 0 spiro atoms. The van der Waals surface area contributed by atoms with Crippen LogP contribution >= 0.6 is 11.6 Å². The van der Waals surface area contributed by atoms with Crippen LogP contribution in [0.15, 0.2) is 12.1 Å². The third-order valence-electron chi connectivity index (χ3n) is 2.00. The molecule has 13 heavy (non-hydrogen) atoms. The van der Waals surface area contributed by atoms with E-state index in [0.717, 1.165) is 17.5 Å². The lowest BCUT2D eigenvalue weighted by Crippen LogP contribution is -1.98. The predicted molar refractivity (Wildman–Crippen MR) is 54.7 cm³/mol. The van der Waals surface area contributed by atoms with Gasteiger partial charge in [0.05, 0.1) is 0 Å². The van der Waals surface area contributed by atoms with Gasteiger partial charge in [0.2, 0.25) is 0 Å². The molecule has 2 heteroatoms. The molecular formula is C11H14ClF. The van der Waals surface area contributed by atoms with Gasteiger partial charge < -0.3 is 0 Å². The molecule has 0 unspecified atom stereocenters. The molecule has 1 rings (SSSR count). The summed E-state index contributed by atoms with van der Waals surface area (Å²) in [5.74, 6) is 0.289. The maximum Gasteiger partial charge on any atom is 0.124 e. The van der Waals surface area contributed by atoms with E-state index < -0.39 is 0 Å². The fourth-order valence-electron chi connectivity index (χ4n) is 1.40. The van der Waals surface area contributed by atoms with Gasteiger partial charge in [0.25, 0.3) is 0 Å². The molecule has 0 fully saturated rings. The fourth-order valence-corrected chi connectivity index (χ4v) is 1.73. The summed E-state index contributed by atoms with van der Waals surface area (Å²) in [5, 5.41) is 0.547. The Labute approximate surface area is 83.7 Å². The zero-order chi connectivity index (χ0) is 10.0. The maximum atomic E-state index is 12.9. The monoisotopic (exact) mass is 200 g/mol. The quantitative estimate of drug-likeness (QED) is 0.678. The van der Waals surface area contributed by atoms with Gasteiger partial charge in [-0.05, 0) is 42.5 Å². The maximum absolute atomic E-state index is 12.9. The number of rotatable bonds is 2. The van der Waals surface area contributed by atoms with Crippen molar-refractivity contribution in [2.75, 3.05) is 0 Å². The van der Waals surface area contributed by atoms with Gasteiger partial charge in [0.15, 0.2) is 0 Å². The van der Waals surface area contributed by atoms with Gasteiger partial charge in [-0.3, -0.25) is 0 Å². The van der Waals surface area contributed by atoms with E-state index in [0.29, 0.717) is 10.9 Å². The van der Waals surface area contributed by atoms with E-state index >= 15 is 0 Å². The minimum absolute atomic E-state index is 0.255. The van der Waals surface area contributed by atoms with Crippen molar-refractivity contribution in [3.8, 4) is 0 Å². The SMILES string of the molecule is Cc1cc(F)cc(Cl)c1CC(C)C. The van der Waals surface area contributed by atoms with E-state index in [1.165, 1.54) is 12.1 Å². The summed E-state index contributed by atoms with van der Waals surface area (Å²) in [5.41, 5.74) is 2.01. The zero-order valence-corrected chi connectivity index (χ0v) is 8.95. The van der Waals surface area contributed by atoms with Gasteiger partial charge in [-0.2, -0.15) is 0 Å². The molecule has 0 heterocycles. The van der Waals surface area contributed by atoms with E-state index in [4.69, 9.17) is 11.6 Å². The molecule has 0 aromatic heterocycles. The number of halogens is 2. The minimum atomic E-state index is -0.255. The zero-order valence-electron chi connectivity index (χ0n) is 8.20. The van der Waals surface area contributed by atoms with Gasteiger partial charge >= 0.3 is 0 Å². The molecule has 0 nitrogen and oxygen atoms in total. The van der Waals surface area contributed by atoms with Gasteiger partial charge in [-0.25, -0.2) is 4.39 Å². The highest BCUT2D eigenvalue weighted by Gasteiger charge is 2.08. The summed E-state index contributed by atoms with van der Waals surface area (Å²) in [4.78, 5) is 0. The summed E-state index contributed by atoms with van der Waals surface area (Å²) >= 11 is 5.94. The Morgan fingerprint density at radius 1 is 1.38 bits per heavy atom. The van der Waals surface area contributed by atoms with Crippen LogP contribution in [-0.4, -0.2) is 0 Å². The van der Waals surface area contributed by atoms with Crippen molar-refractivity contribution in [2.24, 2.45) is 5.92 Å². The molecule has 0 saturated heterocycles. The normalized spacial score (nSPS) is 10.9. The lowest BCUT2D eigenvalue weighted by Gasteiger charge is -2.10. The number of aryl methyl sites for hydroxylation is 1. The second kappa shape index (κ2) is 4.10. The standard InChI is InChI=1S/C11H14ClF/c1-7(2)4-10-8(3)5-9(13)6-11(10)12/h5-7H,4H2,1-3H3. The Balaban J connectivity index is 3.06. The van der Waals surface area contributed by atoms with Crippen LogP contribution < -0.4 is 0 Å². The first-order valence-electron chi connectivity index (χ1n) is 4.45. The molecule has 0 bridgehead atoms. The van der Waals surface area contributed by atoms with Crippen LogP contribution in [-0.2, 0) is 6.42 Å². The Bertz CT molecular complexity index is 282. The molecule has 0 N–H and O–H groups in total. The Morgan fingerprint density at radius 2 is 2.00 bits per heavy atom. The van der Waals surface area contributed by atoms with Gasteiger partial charge in [-0.15, -0.1) is 0 Å². The molecule has 0 radical (unpaired) electrons. The summed E-state index contributed by atoms with van der Waals surface area (Å²) in [7, 11) is 0. The van der Waals surface area contributed by atoms with Gasteiger partial charge in [0.1, 0.15) is 5.82 Å². The Kier molecular flexibility index (Phi) is 3.32. The second-order valence-corrected chi connectivity index (χ2v) is 4.19. The first-order chi connectivity index (χ1) is 6.00. The van der Waals surface area contributed by atoms with E-state index in [1.54, 1.807) is 0 Å². The van der Waals surface area contributed by atoms with Crippen molar-refractivity contribution in [1.29, 1.82) is 0 Å². The van der Waals surface area contributed by atoms with Crippen molar-refractivity contribution >= 4 is 11.6 Å². The van der Waals surface area contributed by atoms with Crippen LogP contribution in [0.5, 0.6) is 0 Å². The van der Waals surface area contributed by atoms with Crippen molar-refractivity contribution in [3.63, 3.8) is 0 Å². The van der Waals surface area contributed by atoms with Crippen molar-refractivity contribution in [3.05, 3.63) is 34.1 Å². The fraction of sp³-hybridized carbons (Fsp3) is 0.455. The minimum Gasteiger partial charge on any atom is -0.207 e. The van der Waals surface area contributed by atoms with Gasteiger partial charge in [-0.1, -0.05) is 25.4 Å². The van der Waals surface area contributed by atoms with Crippen molar-refractivity contribution in [2.45, 2.75) is 27.2 Å². The topological polar surface area (TPSA) is 0 Å². The molecule has 1 aromatic carbocycles. The smallest absolute Gasteiger partial charge is 0.124 e. The highest BCUT2D eigenvalue weighted by molar-refractivity contribution is 6.31. The summed E-state index contributed by atoms with van der Waals surface area (Å²) in [6.07, 6.45) is 0.908. The van der Waals surface area contributed by atoms with E-state index in [1.807, 2.05) is 6.92 Å². The molecule has 0 atom stereocenters. The summed E-state index contributed by atoms with van der Waals surface area (Å²) in [6, 6.07) is 2.91. The summed E-state index contributed by atoms with van der Waals surface area (Å²) < 4.78 is 12.9. The van der Waals surface area contributed by atoms with Gasteiger partial charge in [0, 0.05) is 5.02 Å². The lowest BCUT2D eigenvalue weighted by molar-refractivity contribution is 0.618. The molecule has 72 valence electrons. The third-order valence-corrected chi connectivity index (χ3v) is 2.33. The van der Waals surface area contributed by atoms with Crippen molar-refractivity contribution in [1.82, 2.24) is 0 Å². The molecule has 1 aromatic rings. The molecule has 0 aliphatic carbocycles. The number of benzene rings is 1. The predicted octanol–water partition coefficient (Wildman–Crippen LogP) is 3.99. The molecular weight excluding hydrogens is 187 g/mol. The van der Waals surface area contributed by atoms with Crippen LogP contribution in [0.4, 0.5) is 4.39 Å². The third kappa shape index (κ3) is 2.70. The molecule has 0 saturated carbocycles. The van der Waals surface area contributed by atoms with E-state index in [2.05, 4.69) is 13.8 Å². The highest BCUT2D eigenvalue weighted by Crippen LogP contribution is 2.24. The van der Waals surface area contributed by atoms with E-state index in [-0.39, 0.29) is 5.82 Å². The number of hydrogen-bond donors (Lipinski definition) is 0. The lowest BCUT2D eigenvalue weighted by atomic mass is 9.99. The average molecular weight is 201 g/mol. The molecule has 0 aliphatic rings. The van der Waals surface area contributed by atoms with Crippen molar-refractivity contribution < 1.29 is 4.39 Å². The van der Waals surface area contributed by atoms with Crippen LogP contribution in [0.1, 0.15) is 25.0 Å². The highest BCUT2D eigenvalue weighted by atomic mass is 35.5. The largest absolute Gasteiger partial charge is 0.207 e. The van der Waals surface area contributed by atoms with Crippen LogP contribution in [0.3, 0.4) is 0 Å². The first kappa shape index (κ1) is 10.5. The van der Waals surface area contributed by atoms with Crippen LogP contribution in [0.25, 0.3) is 0 Å². The molecule has 0 aliphatic heterocycles.